The Morgan fingerprint density at radius 2 is 2.31 bits per heavy atom. The molecule has 0 aliphatic heterocycles. The van der Waals surface area contributed by atoms with Gasteiger partial charge in [-0.15, -0.1) is 11.6 Å². The van der Waals surface area contributed by atoms with Crippen LogP contribution >= 0.6 is 27.5 Å². The van der Waals surface area contributed by atoms with Gasteiger partial charge < -0.3 is 4.98 Å². The number of hydrogen-bond donors (Lipinski definition) is 1. The van der Waals surface area contributed by atoms with Gasteiger partial charge in [-0.2, -0.15) is 0 Å². The molecule has 1 unspecified atom stereocenters. The van der Waals surface area contributed by atoms with Gasteiger partial charge in [0, 0.05) is 24.4 Å². The highest BCUT2D eigenvalue weighted by Gasteiger charge is 2.16. The van der Waals surface area contributed by atoms with Crippen molar-refractivity contribution < 1.29 is 4.39 Å². The fourth-order valence-corrected chi connectivity index (χ4v) is 2.15. The molecule has 5 heteroatoms. The molecule has 2 nitrogen and oxygen atoms in total. The van der Waals surface area contributed by atoms with E-state index in [4.69, 9.17) is 11.6 Å². The molecule has 2 aromatic rings. The highest BCUT2D eigenvalue weighted by atomic mass is 79.9. The van der Waals surface area contributed by atoms with Crippen molar-refractivity contribution in [2.45, 2.75) is 11.8 Å². The van der Waals surface area contributed by atoms with E-state index in [1.54, 1.807) is 30.6 Å². The molecule has 0 radical (unpaired) electrons. The van der Waals surface area contributed by atoms with Crippen LogP contribution in [0.5, 0.6) is 0 Å². The molecule has 0 amide bonds. The summed E-state index contributed by atoms with van der Waals surface area (Å²) in [5.41, 5.74) is 0.479. The lowest BCUT2D eigenvalue weighted by molar-refractivity contribution is 0.598. The van der Waals surface area contributed by atoms with Crippen LogP contribution in [0.1, 0.15) is 16.8 Å². The highest BCUT2D eigenvalue weighted by Crippen LogP contribution is 2.29. The van der Waals surface area contributed by atoms with Crippen LogP contribution < -0.4 is 0 Å². The maximum absolute atomic E-state index is 13.7. The Labute approximate surface area is 106 Å². The molecule has 1 heterocycles. The molecule has 0 saturated carbocycles. The van der Waals surface area contributed by atoms with Gasteiger partial charge in [0.15, 0.2) is 0 Å². The first-order chi connectivity index (χ1) is 7.68. The third kappa shape index (κ3) is 2.44. The van der Waals surface area contributed by atoms with Gasteiger partial charge in [-0.05, 0) is 22.0 Å². The van der Waals surface area contributed by atoms with E-state index in [2.05, 4.69) is 25.9 Å². The molecule has 0 spiro atoms. The first kappa shape index (κ1) is 11.6. The van der Waals surface area contributed by atoms with E-state index >= 15 is 0 Å². The molecule has 0 aliphatic carbocycles. The van der Waals surface area contributed by atoms with Crippen molar-refractivity contribution in [1.29, 1.82) is 0 Å². The molecular formula is C11H9BrClFN2. The largest absolute Gasteiger partial charge is 0.349 e. The second-order valence-corrected chi connectivity index (χ2v) is 4.73. The van der Waals surface area contributed by atoms with Gasteiger partial charge in [-0.25, -0.2) is 9.37 Å². The number of hydrogen-bond acceptors (Lipinski definition) is 1. The summed E-state index contributed by atoms with van der Waals surface area (Å²) in [4.78, 5) is 7.00. The molecule has 1 atom stereocenters. The van der Waals surface area contributed by atoms with Crippen LogP contribution in [0, 0.1) is 5.82 Å². The Balaban J connectivity index is 2.21. The average Bonchev–Trinajstić information content (AvgIpc) is 2.74. The molecule has 2 rings (SSSR count). The number of aromatic nitrogens is 2. The Hall–Kier alpha value is -0.870. The van der Waals surface area contributed by atoms with Crippen LogP contribution in [0.2, 0.25) is 0 Å². The number of aromatic amines is 1. The standard InChI is InChI=1S/C11H9BrClFN2/c12-8-3-1-2-7(11(8)14)9(13)6-10-15-4-5-16-10/h1-5,9H,6H2,(H,15,16). The maximum atomic E-state index is 13.7. The number of halogens is 3. The summed E-state index contributed by atoms with van der Waals surface area (Å²) in [5.74, 6) is 0.438. The van der Waals surface area contributed by atoms with Crippen LogP contribution in [0.4, 0.5) is 4.39 Å². The Morgan fingerprint density at radius 3 is 3.00 bits per heavy atom. The first-order valence-electron chi connectivity index (χ1n) is 4.74. The van der Waals surface area contributed by atoms with E-state index in [-0.39, 0.29) is 5.82 Å². The van der Waals surface area contributed by atoms with Crippen molar-refractivity contribution >= 4 is 27.5 Å². The smallest absolute Gasteiger partial charge is 0.142 e. The summed E-state index contributed by atoms with van der Waals surface area (Å²) < 4.78 is 14.1. The van der Waals surface area contributed by atoms with Crippen molar-refractivity contribution in [1.82, 2.24) is 9.97 Å². The quantitative estimate of drug-likeness (QED) is 0.858. The van der Waals surface area contributed by atoms with Crippen molar-refractivity contribution in [3.63, 3.8) is 0 Å². The van der Waals surface area contributed by atoms with E-state index in [1.807, 2.05) is 0 Å². The van der Waals surface area contributed by atoms with Crippen LogP contribution in [0.3, 0.4) is 0 Å². The zero-order valence-corrected chi connectivity index (χ0v) is 10.6. The number of nitrogens with one attached hydrogen (secondary N) is 1. The highest BCUT2D eigenvalue weighted by molar-refractivity contribution is 9.10. The number of H-pyrrole nitrogens is 1. The summed E-state index contributed by atoms with van der Waals surface area (Å²) in [6.07, 6.45) is 3.84. The molecule has 0 bridgehead atoms. The number of alkyl halides is 1. The predicted molar refractivity (Wildman–Crippen MR) is 65.0 cm³/mol. The Morgan fingerprint density at radius 1 is 1.50 bits per heavy atom. The summed E-state index contributed by atoms with van der Waals surface area (Å²) >= 11 is 9.29. The first-order valence-corrected chi connectivity index (χ1v) is 5.97. The Kier molecular flexibility index (Phi) is 3.61. The predicted octanol–water partition coefficient (Wildman–Crippen LogP) is 3.83. The topological polar surface area (TPSA) is 28.7 Å². The minimum absolute atomic E-state index is 0.311. The van der Waals surface area contributed by atoms with Crippen molar-refractivity contribution in [2.24, 2.45) is 0 Å². The van der Waals surface area contributed by atoms with Gasteiger partial charge in [0.05, 0.1) is 9.85 Å². The van der Waals surface area contributed by atoms with Crippen LogP contribution in [0.25, 0.3) is 0 Å². The lowest BCUT2D eigenvalue weighted by Gasteiger charge is -2.10. The summed E-state index contributed by atoms with van der Waals surface area (Å²) in [6.45, 7) is 0. The monoisotopic (exact) mass is 302 g/mol. The van der Waals surface area contributed by atoms with Crippen molar-refractivity contribution in [2.75, 3.05) is 0 Å². The van der Waals surface area contributed by atoms with E-state index in [0.29, 0.717) is 16.5 Å². The molecule has 0 aliphatic rings. The van der Waals surface area contributed by atoms with Crippen molar-refractivity contribution in [3.05, 3.63) is 52.3 Å². The second-order valence-electron chi connectivity index (χ2n) is 3.35. The summed E-state index contributed by atoms with van der Waals surface area (Å²) in [7, 11) is 0. The molecule has 84 valence electrons. The summed E-state index contributed by atoms with van der Waals surface area (Å²) in [6, 6.07) is 5.09. The van der Waals surface area contributed by atoms with Crippen LogP contribution in [-0.4, -0.2) is 9.97 Å². The second kappa shape index (κ2) is 4.97. The average molecular weight is 304 g/mol. The van der Waals surface area contributed by atoms with Gasteiger partial charge in [0.2, 0.25) is 0 Å². The molecule has 0 saturated heterocycles. The third-order valence-corrected chi connectivity index (χ3v) is 3.25. The molecule has 0 fully saturated rings. The zero-order valence-electron chi connectivity index (χ0n) is 8.25. The SMILES string of the molecule is Fc1c(Br)cccc1C(Cl)Cc1ncc[nH]1. The van der Waals surface area contributed by atoms with E-state index in [0.717, 1.165) is 5.82 Å². The van der Waals surface area contributed by atoms with Gasteiger partial charge in [-0.3, -0.25) is 0 Å². The minimum atomic E-state index is -0.427. The fraction of sp³-hybridized carbons (Fsp3) is 0.182. The van der Waals surface area contributed by atoms with Crippen LogP contribution in [0.15, 0.2) is 35.1 Å². The van der Waals surface area contributed by atoms with E-state index in [9.17, 15) is 4.39 Å². The lowest BCUT2D eigenvalue weighted by Crippen LogP contribution is -2.00. The van der Waals surface area contributed by atoms with Gasteiger partial charge in [0.1, 0.15) is 11.6 Å². The lowest BCUT2D eigenvalue weighted by atomic mass is 10.1. The van der Waals surface area contributed by atoms with Gasteiger partial charge >= 0.3 is 0 Å². The molecule has 1 N–H and O–H groups in total. The van der Waals surface area contributed by atoms with Gasteiger partial charge in [-0.1, -0.05) is 12.1 Å². The summed E-state index contributed by atoms with van der Waals surface area (Å²) in [5, 5.41) is -0.427. The molecule has 1 aromatic heterocycles. The van der Waals surface area contributed by atoms with Gasteiger partial charge in [0.25, 0.3) is 0 Å². The third-order valence-electron chi connectivity index (χ3n) is 2.25. The number of rotatable bonds is 3. The maximum Gasteiger partial charge on any atom is 0.142 e. The number of nitrogens with zero attached hydrogens (tertiary/aromatic N) is 1. The number of imidazole rings is 1. The van der Waals surface area contributed by atoms with Crippen molar-refractivity contribution in [3.8, 4) is 0 Å². The molecule has 1 aromatic carbocycles. The normalized spacial score (nSPS) is 12.7. The number of benzene rings is 1. The van der Waals surface area contributed by atoms with E-state index < -0.39 is 5.38 Å². The zero-order chi connectivity index (χ0) is 11.5. The molecular weight excluding hydrogens is 294 g/mol. The van der Waals surface area contributed by atoms with E-state index in [1.165, 1.54) is 0 Å². The Bertz CT molecular complexity index is 473. The molecule has 16 heavy (non-hydrogen) atoms. The fourth-order valence-electron chi connectivity index (χ4n) is 1.45. The minimum Gasteiger partial charge on any atom is -0.349 e. The van der Waals surface area contributed by atoms with Crippen LogP contribution in [-0.2, 0) is 6.42 Å².